The van der Waals surface area contributed by atoms with Gasteiger partial charge in [-0.25, -0.2) is 4.79 Å². The van der Waals surface area contributed by atoms with Crippen molar-refractivity contribution in [3.8, 4) is 0 Å². The van der Waals surface area contributed by atoms with Crippen LogP contribution < -0.4 is 11.5 Å². The largest absolute Gasteiger partial charge is 0.490 e. The smallest absolute Gasteiger partial charge is 0.475 e. The predicted octanol–water partition coefficient (Wildman–Crippen LogP) is 0.848. The highest BCUT2D eigenvalue weighted by Gasteiger charge is 2.38. The first kappa shape index (κ1) is 14.2. The summed E-state index contributed by atoms with van der Waals surface area (Å²) < 4.78 is 31.7. The molecule has 90 valence electrons. The Morgan fingerprint density at radius 2 is 1.27 bits per heavy atom. The van der Waals surface area contributed by atoms with Crippen molar-refractivity contribution in [1.82, 2.24) is 0 Å². The maximum Gasteiger partial charge on any atom is 0.490 e. The molecule has 0 aromatic rings. The second-order valence-electron chi connectivity index (χ2n) is 3.48. The Labute approximate surface area is 85.4 Å². The molecule has 0 aromatic carbocycles. The van der Waals surface area contributed by atoms with Crippen LogP contribution >= 0.6 is 0 Å². The molecule has 7 heteroatoms. The van der Waals surface area contributed by atoms with Gasteiger partial charge in [0.25, 0.3) is 0 Å². The fourth-order valence-corrected chi connectivity index (χ4v) is 1.14. The number of nitrogens with two attached hydrogens (primary N) is 2. The monoisotopic (exact) mass is 228 g/mol. The molecule has 1 aliphatic carbocycles. The zero-order valence-electron chi connectivity index (χ0n) is 8.13. The molecule has 0 spiro atoms. The third kappa shape index (κ3) is 7.15. The molecule has 0 saturated heterocycles. The van der Waals surface area contributed by atoms with E-state index in [2.05, 4.69) is 0 Å². The summed E-state index contributed by atoms with van der Waals surface area (Å²) in [7, 11) is 0. The minimum absolute atomic E-state index is 0.440. The molecule has 4 nitrogen and oxygen atoms in total. The first-order chi connectivity index (χ1) is 6.73. The fourth-order valence-electron chi connectivity index (χ4n) is 1.14. The molecule has 0 aliphatic heterocycles. The van der Waals surface area contributed by atoms with Gasteiger partial charge in [0.1, 0.15) is 0 Å². The fraction of sp³-hybridized carbons (Fsp3) is 0.875. The van der Waals surface area contributed by atoms with Gasteiger partial charge in [-0.3, -0.25) is 0 Å². The number of rotatable bonds is 0. The molecule has 0 bridgehead atoms. The first-order valence-corrected chi connectivity index (χ1v) is 4.54. The summed E-state index contributed by atoms with van der Waals surface area (Å²) >= 11 is 0. The number of carboxylic acid groups (broad SMARTS) is 1. The van der Waals surface area contributed by atoms with Gasteiger partial charge in [0.15, 0.2) is 0 Å². The average molecular weight is 228 g/mol. The van der Waals surface area contributed by atoms with Crippen LogP contribution in [0.1, 0.15) is 25.7 Å². The zero-order chi connectivity index (χ0) is 12.1. The molecule has 0 unspecified atom stereocenters. The van der Waals surface area contributed by atoms with E-state index < -0.39 is 12.1 Å². The summed E-state index contributed by atoms with van der Waals surface area (Å²) in [5.74, 6) is -2.76. The molecule has 1 saturated carbocycles. The molecule has 0 heterocycles. The first-order valence-electron chi connectivity index (χ1n) is 4.54. The lowest BCUT2D eigenvalue weighted by atomic mass is 9.93. The molecule has 5 N–H and O–H groups in total. The normalized spacial score (nSPS) is 26.5. The van der Waals surface area contributed by atoms with Crippen LogP contribution in [0.4, 0.5) is 13.2 Å². The van der Waals surface area contributed by atoms with E-state index in [1.165, 1.54) is 0 Å². The van der Waals surface area contributed by atoms with Crippen LogP contribution in [0.3, 0.4) is 0 Å². The second kappa shape index (κ2) is 5.92. The highest BCUT2D eigenvalue weighted by Crippen LogP contribution is 2.14. The third-order valence-electron chi connectivity index (χ3n) is 2.06. The van der Waals surface area contributed by atoms with Gasteiger partial charge < -0.3 is 16.6 Å². The molecular weight excluding hydrogens is 213 g/mol. The van der Waals surface area contributed by atoms with Gasteiger partial charge in [-0.05, 0) is 25.7 Å². The average Bonchev–Trinajstić information content (AvgIpc) is 2.09. The topological polar surface area (TPSA) is 89.3 Å². The van der Waals surface area contributed by atoms with Gasteiger partial charge in [0.2, 0.25) is 0 Å². The lowest BCUT2D eigenvalue weighted by Gasteiger charge is -2.22. The molecule has 0 atom stereocenters. The van der Waals surface area contributed by atoms with Gasteiger partial charge in [-0.1, -0.05) is 0 Å². The summed E-state index contributed by atoms with van der Waals surface area (Å²) in [6.07, 6.45) is -0.579. The van der Waals surface area contributed by atoms with Crippen molar-refractivity contribution in [3.05, 3.63) is 0 Å². The van der Waals surface area contributed by atoms with E-state index in [-0.39, 0.29) is 0 Å². The Hall–Kier alpha value is -0.820. The van der Waals surface area contributed by atoms with E-state index in [0.717, 1.165) is 25.7 Å². The Morgan fingerprint density at radius 1 is 1.07 bits per heavy atom. The van der Waals surface area contributed by atoms with E-state index in [1.807, 2.05) is 0 Å². The van der Waals surface area contributed by atoms with Crippen LogP contribution in [-0.4, -0.2) is 29.3 Å². The second-order valence-corrected chi connectivity index (χ2v) is 3.48. The Bertz CT molecular complexity index is 191. The van der Waals surface area contributed by atoms with Gasteiger partial charge in [0, 0.05) is 12.1 Å². The summed E-state index contributed by atoms with van der Waals surface area (Å²) in [6, 6.07) is 0.879. The van der Waals surface area contributed by atoms with Crippen molar-refractivity contribution >= 4 is 5.97 Å². The summed E-state index contributed by atoms with van der Waals surface area (Å²) in [5.41, 5.74) is 11.3. The molecular formula is C8H15F3N2O2. The predicted molar refractivity (Wildman–Crippen MR) is 48.1 cm³/mol. The van der Waals surface area contributed by atoms with Gasteiger partial charge in [-0.15, -0.1) is 0 Å². The quantitative estimate of drug-likeness (QED) is 0.573. The van der Waals surface area contributed by atoms with Gasteiger partial charge in [0.05, 0.1) is 0 Å². The maximum absolute atomic E-state index is 10.6. The van der Waals surface area contributed by atoms with Crippen LogP contribution in [0.15, 0.2) is 0 Å². The Balaban J connectivity index is 0.000000265. The van der Waals surface area contributed by atoms with E-state index in [1.54, 1.807) is 0 Å². The molecule has 1 rings (SSSR count). The SMILES string of the molecule is NC1CCC(N)CC1.O=C(O)C(F)(F)F. The van der Waals surface area contributed by atoms with Crippen molar-refractivity contribution in [1.29, 1.82) is 0 Å². The molecule has 15 heavy (non-hydrogen) atoms. The lowest BCUT2D eigenvalue weighted by molar-refractivity contribution is -0.192. The number of hydrogen-bond acceptors (Lipinski definition) is 3. The molecule has 0 aromatic heterocycles. The third-order valence-corrected chi connectivity index (χ3v) is 2.06. The lowest BCUT2D eigenvalue weighted by Crippen LogP contribution is -2.33. The number of alkyl halides is 3. The van der Waals surface area contributed by atoms with Gasteiger partial charge >= 0.3 is 12.1 Å². The number of carboxylic acids is 1. The highest BCUT2D eigenvalue weighted by molar-refractivity contribution is 5.73. The van der Waals surface area contributed by atoms with E-state index in [4.69, 9.17) is 21.4 Å². The molecule has 1 fully saturated rings. The van der Waals surface area contributed by atoms with Crippen molar-refractivity contribution in [3.63, 3.8) is 0 Å². The number of halogens is 3. The van der Waals surface area contributed by atoms with E-state index in [0.29, 0.717) is 12.1 Å². The van der Waals surface area contributed by atoms with Crippen LogP contribution in [0.25, 0.3) is 0 Å². The summed E-state index contributed by atoms with van der Waals surface area (Å²) in [4.78, 5) is 8.90. The maximum atomic E-state index is 10.6. The van der Waals surface area contributed by atoms with Crippen LogP contribution in [0.2, 0.25) is 0 Å². The zero-order valence-corrected chi connectivity index (χ0v) is 8.13. The molecule has 0 amide bonds. The Morgan fingerprint density at radius 3 is 1.40 bits per heavy atom. The van der Waals surface area contributed by atoms with Crippen LogP contribution in [-0.2, 0) is 4.79 Å². The van der Waals surface area contributed by atoms with Crippen molar-refractivity contribution < 1.29 is 23.1 Å². The summed E-state index contributed by atoms with van der Waals surface area (Å²) in [5, 5.41) is 7.12. The summed E-state index contributed by atoms with van der Waals surface area (Å²) in [6.45, 7) is 0. The standard InChI is InChI=1S/C6H14N2.C2HF3O2/c7-5-1-2-6(8)4-3-5;3-2(4,5)1(6)7/h5-6H,1-4,7-8H2;(H,6,7). The van der Waals surface area contributed by atoms with Crippen molar-refractivity contribution in [2.45, 2.75) is 43.9 Å². The number of hydrogen-bond donors (Lipinski definition) is 3. The van der Waals surface area contributed by atoms with Crippen LogP contribution in [0.5, 0.6) is 0 Å². The minimum atomic E-state index is -5.08. The number of aliphatic carboxylic acids is 1. The number of carbonyl (C=O) groups is 1. The van der Waals surface area contributed by atoms with Gasteiger partial charge in [-0.2, -0.15) is 13.2 Å². The van der Waals surface area contributed by atoms with Crippen molar-refractivity contribution in [2.75, 3.05) is 0 Å². The highest BCUT2D eigenvalue weighted by atomic mass is 19.4. The van der Waals surface area contributed by atoms with E-state index in [9.17, 15) is 13.2 Å². The molecule has 1 aliphatic rings. The minimum Gasteiger partial charge on any atom is -0.475 e. The van der Waals surface area contributed by atoms with Crippen LogP contribution in [0, 0.1) is 0 Å². The van der Waals surface area contributed by atoms with Crippen molar-refractivity contribution in [2.24, 2.45) is 11.5 Å². The van der Waals surface area contributed by atoms with E-state index >= 15 is 0 Å². The Kier molecular flexibility index (Phi) is 5.59. The molecule has 0 radical (unpaired) electrons.